The van der Waals surface area contributed by atoms with E-state index in [0.717, 1.165) is 0 Å². The molecule has 0 radical (unpaired) electrons. The molecule has 1 aromatic carbocycles. The number of carboxylic acid groups (broad SMARTS) is 1. The van der Waals surface area contributed by atoms with Gasteiger partial charge in [0, 0.05) is 17.6 Å². The Morgan fingerprint density at radius 1 is 1.45 bits per heavy atom. The maximum Gasteiger partial charge on any atom is 0.308 e. The summed E-state index contributed by atoms with van der Waals surface area (Å²) in [6.07, 6.45) is 0.0669. The molecule has 1 aliphatic heterocycles. The summed E-state index contributed by atoms with van der Waals surface area (Å²) in [6, 6.07) is 4.19. The fraction of sp³-hybridized carbons (Fsp3) is 0.429. The second-order valence-corrected chi connectivity index (χ2v) is 5.99. The largest absolute Gasteiger partial charge is 0.481 e. The van der Waals surface area contributed by atoms with E-state index in [1.165, 1.54) is 12.1 Å². The van der Waals surface area contributed by atoms with Crippen molar-refractivity contribution in [1.82, 2.24) is 4.90 Å². The van der Waals surface area contributed by atoms with Gasteiger partial charge in [-0.15, -0.1) is 0 Å². The van der Waals surface area contributed by atoms with Gasteiger partial charge in [0.25, 0.3) is 0 Å². The van der Waals surface area contributed by atoms with Crippen LogP contribution in [0.3, 0.4) is 0 Å². The SMILES string of the molecule is C[C@@H]1CN(C(=O)Cc2cc(F)ccc2Br)C[C@H]1C(=O)O. The van der Waals surface area contributed by atoms with E-state index in [-0.39, 0.29) is 24.8 Å². The molecule has 0 bridgehead atoms. The lowest BCUT2D eigenvalue weighted by atomic mass is 9.99. The van der Waals surface area contributed by atoms with Crippen LogP contribution in [-0.4, -0.2) is 35.0 Å². The third kappa shape index (κ3) is 3.17. The fourth-order valence-corrected chi connectivity index (χ4v) is 2.83. The Balaban J connectivity index is 2.06. The van der Waals surface area contributed by atoms with Gasteiger partial charge < -0.3 is 10.0 Å². The van der Waals surface area contributed by atoms with Crippen LogP contribution in [0.15, 0.2) is 22.7 Å². The highest BCUT2D eigenvalue weighted by Gasteiger charge is 2.36. The lowest BCUT2D eigenvalue weighted by Gasteiger charge is -2.16. The highest BCUT2D eigenvalue weighted by atomic mass is 79.9. The number of halogens is 2. The van der Waals surface area contributed by atoms with Crippen molar-refractivity contribution in [3.63, 3.8) is 0 Å². The number of hydrogen-bond acceptors (Lipinski definition) is 2. The Hall–Kier alpha value is -1.43. The first-order valence-electron chi connectivity index (χ1n) is 6.33. The summed E-state index contributed by atoms with van der Waals surface area (Å²) in [5.41, 5.74) is 0.571. The first-order chi connectivity index (χ1) is 9.38. The molecule has 6 heteroatoms. The normalized spacial score (nSPS) is 22.1. The first-order valence-corrected chi connectivity index (χ1v) is 7.12. The summed E-state index contributed by atoms with van der Waals surface area (Å²) in [5.74, 6) is -2.02. The zero-order valence-electron chi connectivity index (χ0n) is 11.0. The van der Waals surface area contributed by atoms with Crippen LogP contribution in [0.4, 0.5) is 4.39 Å². The van der Waals surface area contributed by atoms with Gasteiger partial charge in [-0.1, -0.05) is 22.9 Å². The number of hydrogen-bond donors (Lipinski definition) is 1. The summed E-state index contributed by atoms with van der Waals surface area (Å²) in [4.78, 5) is 24.8. The number of carboxylic acids is 1. The Bertz CT molecular complexity index is 549. The quantitative estimate of drug-likeness (QED) is 0.916. The van der Waals surface area contributed by atoms with E-state index in [4.69, 9.17) is 5.11 Å². The van der Waals surface area contributed by atoms with Crippen molar-refractivity contribution in [2.45, 2.75) is 13.3 Å². The van der Waals surface area contributed by atoms with Crippen LogP contribution < -0.4 is 0 Å². The number of likely N-dealkylation sites (tertiary alicyclic amines) is 1. The summed E-state index contributed by atoms with van der Waals surface area (Å²) in [5, 5.41) is 9.06. The third-order valence-electron chi connectivity index (χ3n) is 3.63. The van der Waals surface area contributed by atoms with Crippen molar-refractivity contribution < 1.29 is 19.1 Å². The highest BCUT2D eigenvalue weighted by molar-refractivity contribution is 9.10. The monoisotopic (exact) mass is 343 g/mol. The zero-order valence-corrected chi connectivity index (χ0v) is 12.6. The minimum Gasteiger partial charge on any atom is -0.481 e. The van der Waals surface area contributed by atoms with E-state index in [9.17, 15) is 14.0 Å². The third-order valence-corrected chi connectivity index (χ3v) is 4.41. The molecule has 1 heterocycles. The average molecular weight is 344 g/mol. The molecule has 20 heavy (non-hydrogen) atoms. The van der Waals surface area contributed by atoms with E-state index in [2.05, 4.69) is 15.9 Å². The number of rotatable bonds is 3. The molecule has 0 saturated carbocycles. The molecule has 2 rings (SSSR count). The lowest BCUT2D eigenvalue weighted by Crippen LogP contribution is -2.31. The van der Waals surface area contributed by atoms with Gasteiger partial charge in [-0.3, -0.25) is 9.59 Å². The highest BCUT2D eigenvalue weighted by Crippen LogP contribution is 2.25. The average Bonchev–Trinajstić information content (AvgIpc) is 2.76. The van der Waals surface area contributed by atoms with Gasteiger partial charge in [0.05, 0.1) is 12.3 Å². The van der Waals surface area contributed by atoms with Crippen molar-refractivity contribution in [2.75, 3.05) is 13.1 Å². The maximum atomic E-state index is 13.2. The van der Waals surface area contributed by atoms with E-state index in [0.29, 0.717) is 16.6 Å². The van der Waals surface area contributed by atoms with Crippen LogP contribution >= 0.6 is 15.9 Å². The van der Waals surface area contributed by atoms with E-state index < -0.39 is 17.7 Å². The van der Waals surface area contributed by atoms with E-state index in [1.807, 2.05) is 6.92 Å². The molecule has 1 fully saturated rings. The van der Waals surface area contributed by atoms with Crippen molar-refractivity contribution in [3.8, 4) is 0 Å². The maximum absolute atomic E-state index is 13.2. The molecule has 1 saturated heterocycles. The molecule has 2 atom stereocenters. The summed E-state index contributed by atoms with van der Waals surface area (Å²) in [7, 11) is 0. The number of amides is 1. The summed E-state index contributed by atoms with van der Waals surface area (Å²) in [6.45, 7) is 2.48. The molecule has 1 aromatic rings. The molecule has 0 aromatic heterocycles. The first kappa shape index (κ1) is 15.0. The minimum absolute atomic E-state index is 0.0626. The summed E-state index contributed by atoms with van der Waals surface area (Å²) < 4.78 is 13.9. The minimum atomic E-state index is -0.875. The van der Waals surface area contributed by atoms with Crippen LogP contribution in [0.25, 0.3) is 0 Å². The second kappa shape index (κ2) is 5.91. The molecular formula is C14H15BrFNO3. The predicted octanol–water partition coefficient (Wildman–Crippen LogP) is 2.31. The number of nitrogens with zero attached hydrogens (tertiary/aromatic N) is 1. The zero-order chi connectivity index (χ0) is 14.9. The van der Waals surface area contributed by atoms with Crippen LogP contribution in [0.1, 0.15) is 12.5 Å². The number of carbonyl (C=O) groups excluding carboxylic acids is 1. The van der Waals surface area contributed by atoms with Gasteiger partial charge in [-0.25, -0.2) is 4.39 Å². The van der Waals surface area contributed by atoms with Gasteiger partial charge in [0.15, 0.2) is 0 Å². The Morgan fingerprint density at radius 2 is 2.15 bits per heavy atom. The van der Waals surface area contributed by atoms with Crippen molar-refractivity contribution >= 4 is 27.8 Å². The molecule has 1 amide bonds. The van der Waals surface area contributed by atoms with Gasteiger partial charge in [-0.2, -0.15) is 0 Å². The smallest absolute Gasteiger partial charge is 0.308 e. The van der Waals surface area contributed by atoms with Crippen LogP contribution in [-0.2, 0) is 16.0 Å². The predicted molar refractivity (Wildman–Crippen MR) is 74.7 cm³/mol. The van der Waals surface area contributed by atoms with Crippen LogP contribution in [0, 0.1) is 17.7 Å². The molecule has 0 spiro atoms. The van der Waals surface area contributed by atoms with Crippen LogP contribution in [0.5, 0.6) is 0 Å². The van der Waals surface area contributed by atoms with Gasteiger partial charge in [0.1, 0.15) is 5.82 Å². The summed E-state index contributed by atoms with van der Waals surface area (Å²) >= 11 is 3.28. The number of carbonyl (C=O) groups is 2. The lowest BCUT2D eigenvalue weighted by molar-refractivity contribution is -0.142. The van der Waals surface area contributed by atoms with Crippen molar-refractivity contribution in [2.24, 2.45) is 11.8 Å². The van der Waals surface area contributed by atoms with Crippen molar-refractivity contribution in [3.05, 3.63) is 34.1 Å². The molecule has 0 aliphatic carbocycles. The van der Waals surface area contributed by atoms with Gasteiger partial charge in [-0.05, 0) is 29.7 Å². The van der Waals surface area contributed by atoms with E-state index in [1.54, 1.807) is 11.0 Å². The fourth-order valence-electron chi connectivity index (χ4n) is 2.45. The standard InChI is InChI=1S/C14H15BrFNO3/c1-8-6-17(7-11(8)14(19)20)13(18)5-9-4-10(16)2-3-12(9)15/h2-4,8,11H,5-7H2,1H3,(H,19,20)/t8-,11-/m1/s1. The van der Waals surface area contributed by atoms with E-state index >= 15 is 0 Å². The molecule has 0 unspecified atom stereocenters. The topological polar surface area (TPSA) is 57.6 Å². The number of benzene rings is 1. The Labute approximate surface area is 124 Å². The second-order valence-electron chi connectivity index (χ2n) is 5.13. The van der Waals surface area contributed by atoms with Crippen LogP contribution in [0.2, 0.25) is 0 Å². The molecule has 1 aliphatic rings. The molecular weight excluding hydrogens is 329 g/mol. The molecule has 1 N–H and O–H groups in total. The Kier molecular flexibility index (Phi) is 4.42. The van der Waals surface area contributed by atoms with Crippen molar-refractivity contribution in [1.29, 1.82) is 0 Å². The Morgan fingerprint density at radius 3 is 2.75 bits per heavy atom. The molecule has 4 nitrogen and oxygen atoms in total. The molecule has 108 valence electrons. The number of aliphatic carboxylic acids is 1. The van der Waals surface area contributed by atoms with Gasteiger partial charge in [0.2, 0.25) is 5.91 Å². The van der Waals surface area contributed by atoms with Gasteiger partial charge >= 0.3 is 5.97 Å².